The molecule has 0 bridgehead atoms. The van der Waals surface area contributed by atoms with Gasteiger partial charge in [0.15, 0.2) is 5.82 Å². The first-order chi connectivity index (χ1) is 12.4. The van der Waals surface area contributed by atoms with E-state index >= 15 is 0 Å². The number of alkyl halides is 2. The first-order valence-corrected chi connectivity index (χ1v) is 8.90. The minimum atomic E-state index is -2.58. The number of nitrogens with two attached hydrogens (primary N) is 1. The van der Waals surface area contributed by atoms with Crippen molar-refractivity contribution >= 4 is 24.5 Å². The summed E-state index contributed by atoms with van der Waals surface area (Å²) in [6.45, 7) is 3.99. The Bertz CT molecular complexity index is 834. The minimum absolute atomic E-state index is 0.0567. The molecule has 2 fully saturated rings. The van der Waals surface area contributed by atoms with E-state index in [9.17, 15) is 13.6 Å². The van der Waals surface area contributed by atoms with Gasteiger partial charge < -0.3 is 5.43 Å². The Labute approximate surface area is 149 Å². The molecule has 1 aliphatic heterocycles. The summed E-state index contributed by atoms with van der Waals surface area (Å²) in [6, 6.07) is -0.0567. The summed E-state index contributed by atoms with van der Waals surface area (Å²) in [6.07, 6.45) is 3.85. The Kier molecular flexibility index (Phi) is 4.06. The largest absolute Gasteiger partial charge is 0.303 e. The molecule has 3 aliphatic rings. The maximum atomic E-state index is 13.5. The predicted molar refractivity (Wildman–Crippen MR) is 91.9 cm³/mol. The SMILES string of the molecule is C=c1nc(C2CC[C@H]2C(=O)NN)nc2c1=CNN2C1CCC(F)(F)CC1. The second-order valence-corrected chi connectivity index (χ2v) is 7.30. The third-order valence-electron chi connectivity index (χ3n) is 5.73. The highest BCUT2D eigenvalue weighted by Crippen LogP contribution is 2.41. The van der Waals surface area contributed by atoms with Gasteiger partial charge in [-0.15, -0.1) is 0 Å². The van der Waals surface area contributed by atoms with Crippen LogP contribution in [0.5, 0.6) is 0 Å². The van der Waals surface area contributed by atoms with Crippen molar-refractivity contribution in [1.82, 2.24) is 20.8 Å². The summed E-state index contributed by atoms with van der Waals surface area (Å²) in [5, 5.41) is 3.19. The molecule has 140 valence electrons. The maximum absolute atomic E-state index is 13.5. The van der Waals surface area contributed by atoms with Gasteiger partial charge in [-0.3, -0.25) is 15.2 Å². The van der Waals surface area contributed by atoms with Crippen molar-refractivity contribution in [2.75, 3.05) is 5.01 Å². The molecule has 1 aromatic rings. The number of fused-ring (bicyclic) bond motifs is 1. The first kappa shape index (κ1) is 17.1. The van der Waals surface area contributed by atoms with Gasteiger partial charge in [-0.25, -0.2) is 24.6 Å². The van der Waals surface area contributed by atoms with E-state index in [1.165, 1.54) is 0 Å². The molecule has 7 nitrogen and oxygen atoms in total. The Balaban J connectivity index is 1.61. The summed E-state index contributed by atoms with van der Waals surface area (Å²) in [5.74, 6) is 3.35. The quantitative estimate of drug-likeness (QED) is 0.397. The Morgan fingerprint density at radius 3 is 2.65 bits per heavy atom. The first-order valence-electron chi connectivity index (χ1n) is 8.90. The molecular weight excluding hydrogens is 342 g/mol. The molecule has 2 aliphatic carbocycles. The number of carbonyl (C=O) groups is 1. The lowest BCUT2D eigenvalue weighted by molar-refractivity contribution is -0.128. The average molecular weight is 364 g/mol. The van der Waals surface area contributed by atoms with E-state index in [0.717, 1.165) is 18.1 Å². The molecule has 0 spiro atoms. The van der Waals surface area contributed by atoms with Crippen LogP contribution in [0.1, 0.15) is 50.3 Å². The zero-order valence-corrected chi connectivity index (χ0v) is 14.3. The molecule has 4 rings (SSSR count). The minimum Gasteiger partial charge on any atom is -0.303 e. The van der Waals surface area contributed by atoms with E-state index in [1.807, 2.05) is 5.01 Å². The molecule has 0 saturated heterocycles. The van der Waals surface area contributed by atoms with Crippen molar-refractivity contribution in [2.24, 2.45) is 11.8 Å². The predicted octanol–water partition coefficient (Wildman–Crippen LogP) is 0.0109. The molecule has 0 radical (unpaired) electrons. The molecule has 2 heterocycles. The number of hydrogen-bond donors (Lipinski definition) is 3. The highest BCUT2D eigenvalue weighted by molar-refractivity contribution is 5.80. The van der Waals surface area contributed by atoms with Gasteiger partial charge in [-0.05, 0) is 25.7 Å². The van der Waals surface area contributed by atoms with Crippen LogP contribution in [0.2, 0.25) is 0 Å². The summed E-state index contributed by atoms with van der Waals surface area (Å²) in [7, 11) is 0. The van der Waals surface area contributed by atoms with Gasteiger partial charge in [-0.1, -0.05) is 6.58 Å². The van der Waals surface area contributed by atoms with Crippen LogP contribution in [0.3, 0.4) is 0 Å². The lowest BCUT2D eigenvalue weighted by atomic mass is 9.72. The van der Waals surface area contributed by atoms with Crippen molar-refractivity contribution in [3.63, 3.8) is 0 Å². The van der Waals surface area contributed by atoms with Crippen LogP contribution in [0.4, 0.5) is 14.6 Å². The maximum Gasteiger partial charge on any atom is 0.248 e. The number of hydrogen-bond acceptors (Lipinski definition) is 6. The monoisotopic (exact) mass is 364 g/mol. The molecule has 1 unspecified atom stereocenters. The molecule has 9 heteroatoms. The lowest BCUT2D eigenvalue weighted by Gasteiger charge is -2.36. The van der Waals surface area contributed by atoms with Gasteiger partial charge in [0.05, 0.1) is 16.6 Å². The van der Waals surface area contributed by atoms with E-state index in [1.54, 1.807) is 6.20 Å². The van der Waals surface area contributed by atoms with Crippen LogP contribution in [0.25, 0.3) is 12.8 Å². The van der Waals surface area contributed by atoms with E-state index < -0.39 is 5.92 Å². The number of carbonyl (C=O) groups excluding carboxylic acids is 1. The Morgan fingerprint density at radius 1 is 1.31 bits per heavy atom. The fraction of sp³-hybridized carbons (Fsp3) is 0.588. The van der Waals surface area contributed by atoms with Gasteiger partial charge in [0.25, 0.3) is 0 Å². The van der Waals surface area contributed by atoms with Crippen molar-refractivity contribution in [1.29, 1.82) is 0 Å². The number of halogens is 2. The smallest absolute Gasteiger partial charge is 0.248 e. The third kappa shape index (κ3) is 2.80. The topological polar surface area (TPSA) is 96.2 Å². The van der Waals surface area contributed by atoms with Crippen LogP contribution < -0.4 is 32.3 Å². The number of rotatable bonds is 3. The number of nitrogens with zero attached hydrogens (tertiary/aromatic N) is 3. The fourth-order valence-corrected chi connectivity index (χ4v) is 4.01. The van der Waals surface area contributed by atoms with Crippen molar-refractivity contribution < 1.29 is 13.6 Å². The van der Waals surface area contributed by atoms with Gasteiger partial charge in [-0.2, -0.15) is 0 Å². The Hall–Kier alpha value is -2.29. The summed E-state index contributed by atoms with van der Waals surface area (Å²) in [5.41, 5.74) is 5.32. The summed E-state index contributed by atoms with van der Waals surface area (Å²) >= 11 is 0. The highest BCUT2D eigenvalue weighted by atomic mass is 19.3. The van der Waals surface area contributed by atoms with Gasteiger partial charge >= 0.3 is 0 Å². The second kappa shape index (κ2) is 6.15. The van der Waals surface area contributed by atoms with E-state index in [2.05, 4.69) is 27.4 Å². The van der Waals surface area contributed by atoms with Gasteiger partial charge in [0.2, 0.25) is 11.8 Å². The number of nitrogens with one attached hydrogen (secondary N) is 2. The van der Waals surface area contributed by atoms with Crippen LogP contribution in [-0.2, 0) is 4.79 Å². The van der Waals surface area contributed by atoms with Gasteiger partial charge in [0, 0.05) is 30.9 Å². The average Bonchev–Trinajstić information content (AvgIpc) is 2.98. The van der Waals surface area contributed by atoms with Crippen LogP contribution in [-0.4, -0.2) is 27.8 Å². The normalized spacial score (nSPS) is 27.1. The van der Waals surface area contributed by atoms with Crippen LogP contribution in [0, 0.1) is 5.92 Å². The standard InChI is InChI=1S/C17H22F2N6O/c1-9-13-8-21-25(10-4-6-17(18,19)7-5-10)15(13)23-14(22-9)11-2-3-12(11)16(26)24-20/h8,10-12,21H,1-7,20H2,(H,24,26)/t11?,12-/m1/s1. The molecule has 4 N–H and O–H groups in total. The summed E-state index contributed by atoms with van der Waals surface area (Å²) < 4.78 is 26.9. The number of hydrazine groups is 2. The molecule has 0 aromatic carbocycles. The van der Waals surface area contributed by atoms with Crippen molar-refractivity contribution in [2.45, 2.75) is 56.4 Å². The van der Waals surface area contributed by atoms with Gasteiger partial charge in [0.1, 0.15) is 5.82 Å². The number of anilines is 1. The highest BCUT2D eigenvalue weighted by Gasteiger charge is 2.41. The fourth-order valence-electron chi connectivity index (χ4n) is 4.01. The van der Waals surface area contributed by atoms with Crippen LogP contribution >= 0.6 is 0 Å². The molecule has 2 saturated carbocycles. The lowest BCUT2D eigenvalue weighted by Crippen LogP contribution is -2.47. The summed E-state index contributed by atoms with van der Waals surface area (Å²) in [4.78, 5) is 21.0. The van der Waals surface area contributed by atoms with Crippen LogP contribution in [0.15, 0.2) is 0 Å². The molecule has 2 atom stereocenters. The zero-order chi connectivity index (χ0) is 18.5. The third-order valence-corrected chi connectivity index (χ3v) is 5.73. The van der Waals surface area contributed by atoms with Crippen molar-refractivity contribution in [3.05, 3.63) is 16.4 Å². The molecule has 26 heavy (non-hydrogen) atoms. The van der Waals surface area contributed by atoms with E-state index in [4.69, 9.17) is 5.84 Å². The second-order valence-electron chi connectivity index (χ2n) is 7.30. The zero-order valence-electron chi connectivity index (χ0n) is 14.3. The molecule has 1 amide bonds. The Morgan fingerprint density at radius 2 is 2.04 bits per heavy atom. The van der Waals surface area contributed by atoms with Crippen molar-refractivity contribution in [3.8, 4) is 0 Å². The van der Waals surface area contributed by atoms with E-state index in [0.29, 0.717) is 29.8 Å². The molecular formula is C17H22F2N6O. The van der Waals surface area contributed by atoms with E-state index in [-0.39, 0.29) is 36.6 Å². The molecule has 1 aromatic heterocycles. The number of aromatic nitrogens is 2. The number of amides is 1.